The molecule has 2 aliphatic heterocycles. The number of amidine groups is 1. The highest BCUT2D eigenvalue weighted by molar-refractivity contribution is 6.30. The number of fused-ring (bicyclic) bond motifs is 1. The van der Waals surface area contributed by atoms with Crippen LogP contribution in [-0.2, 0) is 16.8 Å². The second-order valence-electron chi connectivity index (χ2n) is 10.0. The summed E-state index contributed by atoms with van der Waals surface area (Å²) in [5, 5.41) is 3.36. The number of aliphatic imine (C=N–C) groups is 1. The Morgan fingerprint density at radius 3 is 2.56 bits per heavy atom. The topological polar surface area (TPSA) is 117 Å². The number of nitrogens with zero attached hydrogens (tertiary/aromatic N) is 2. The van der Waals surface area contributed by atoms with Crippen molar-refractivity contribution in [3.05, 3.63) is 76.1 Å². The molecule has 1 atom stereocenters. The molecule has 0 bridgehead atoms. The predicted molar refractivity (Wildman–Crippen MR) is 159 cm³/mol. The number of hydrogen-bond acceptors (Lipinski definition) is 9. The fourth-order valence-corrected chi connectivity index (χ4v) is 5.29. The van der Waals surface area contributed by atoms with Gasteiger partial charge in [0.25, 0.3) is 0 Å². The van der Waals surface area contributed by atoms with Crippen LogP contribution >= 0.6 is 11.6 Å². The molecule has 0 spiro atoms. The third-order valence-corrected chi connectivity index (χ3v) is 7.60. The number of halogens is 2. The number of nitrogen functional groups attached to an aromatic ring is 1. The number of nitrogens with two attached hydrogens (primary N) is 2. The number of methoxy groups -OCH3 is 2. The van der Waals surface area contributed by atoms with Crippen molar-refractivity contribution < 1.29 is 23.3 Å². The van der Waals surface area contributed by atoms with Gasteiger partial charge in [-0.1, -0.05) is 23.7 Å². The normalized spacial score (nSPS) is 18.7. The van der Waals surface area contributed by atoms with Crippen LogP contribution in [0.4, 0.5) is 15.8 Å². The van der Waals surface area contributed by atoms with E-state index in [9.17, 15) is 4.39 Å². The largest absolute Gasteiger partial charge is 0.493 e. The molecule has 5 rings (SSSR count). The van der Waals surface area contributed by atoms with Crippen molar-refractivity contribution in [2.24, 2.45) is 10.7 Å². The van der Waals surface area contributed by atoms with Crippen molar-refractivity contribution in [1.82, 2.24) is 4.90 Å². The first-order valence-electron chi connectivity index (χ1n) is 13.5. The van der Waals surface area contributed by atoms with Crippen molar-refractivity contribution in [1.29, 1.82) is 0 Å². The van der Waals surface area contributed by atoms with Crippen molar-refractivity contribution in [3.63, 3.8) is 0 Å². The Kier molecular flexibility index (Phi) is 8.84. The highest BCUT2D eigenvalue weighted by Crippen LogP contribution is 2.42. The molecule has 11 heteroatoms. The summed E-state index contributed by atoms with van der Waals surface area (Å²) in [5.74, 6) is 1.83. The van der Waals surface area contributed by atoms with Gasteiger partial charge in [-0.25, -0.2) is 9.38 Å². The fraction of sp³-hybridized carbons (Fsp3) is 0.367. The third kappa shape index (κ3) is 6.36. The molecule has 218 valence electrons. The summed E-state index contributed by atoms with van der Waals surface area (Å²) in [4.78, 5) is 7.26. The average molecular weight is 584 g/mol. The lowest BCUT2D eigenvalue weighted by molar-refractivity contribution is 0.0358. The molecular weight excluding hydrogens is 549 g/mol. The van der Waals surface area contributed by atoms with Gasteiger partial charge < -0.3 is 30.0 Å². The minimum atomic E-state index is -1.38. The molecule has 0 aromatic heterocycles. The number of rotatable bonds is 10. The predicted octanol–water partition coefficient (Wildman–Crippen LogP) is 4.41. The maximum atomic E-state index is 14.1. The summed E-state index contributed by atoms with van der Waals surface area (Å²) >= 11 is 6.16. The zero-order chi connectivity index (χ0) is 29.0. The third-order valence-electron chi connectivity index (χ3n) is 7.31. The van der Waals surface area contributed by atoms with Gasteiger partial charge in [-0.3, -0.25) is 10.6 Å². The Morgan fingerprint density at radius 2 is 1.83 bits per heavy atom. The van der Waals surface area contributed by atoms with Gasteiger partial charge in [-0.15, -0.1) is 0 Å². The minimum absolute atomic E-state index is 0.0442. The molecule has 0 amide bonds. The Labute approximate surface area is 244 Å². The lowest BCUT2D eigenvalue weighted by Crippen LogP contribution is -2.42. The Balaban J connectivity index is 1.44. The van der Waals surface area contributed by atoms with E-state index in [0.717, 1.165) is 44.8 Å². The summed E-state index contributed by atoms with van der Waals surface area (Å²) in [6, 6.07) is 13.6. The van der Waals surface area contributed by atoms with E-state index in [1.54, 1.807) is 26.4 Å². The molecule has 1 fully saturated rings. The number of anilines is 2. The zero-order valence-electron chi connectivity index (χ0n) is 23.2. The van der Waals surface area contributed by atoms with Gasteiger partial charge in [0.15, 0.2) is 17.2 Å². The standard InChI is InChI=1S/C30H35ClFN5O4/c1-38-26-7-4-19(14-28(26)39-2)15-29-35-25-18-27(41-11-3-8-37-9-12-40-13-10-37)24(33)17-21(25)30(34,36-29)20-5-6-23(32)22(31)16-20/h4-7,14,16-18H,3,8-13,15,33-34H2,1-2H3,(H,35,36). The molecule has 1 saturated heterocycles. The highest BCUT2D eigenvalue weighted by Gasteiger charge is 2.37. The summed E-state index contributed by atoms with van der Waals surface area (Å²) in [5.41, 5.74) is 15.3. The van der Waals surface area contributed by atoms with E-state index >= 15 is 0 Å². The number of ether oxygens (including phenoxy) is 4. The molecule has 1 unspecified atom stereocenters. The van der Waals surface area contributed by atoms with E-state index in [0.29, 0.717) is 58.6 Å². The SMILES string of the molecule is COc1ccc(CC2=NC(N)(c3ccc(F)c(Cl)c3)c3cc(N)c(OCCCN4CCOCC4)cc3N2)cc1OC. The Morgan fingerprint density at radius 1 is 1.05 bits per heavy atom. The zero-order valence-corrected chi connectivity index (χ0v) is 24.0. The van der Waals surface area contributed by atoms with Crippen LogP contribution in [-0.4, -0.2) is 64.4 Å². The van der Waals surface area contributed by atoms with Crippen LogP contribution < -0.4 is 31.0 Å². The number of benzene rings is 3. The van der Waals surface area contributed by atoms with Gasteiger partial charge in [0.1, 0.15) is 17.4 Å². The van der Waals surface area contributed by atoms with Crippen LogP contribution in [0.5, 0.6) is 17.2 Å². The Bertz CT molecular complexity index is 1430. The monoisotopic (exact) mass is 583 g/mol. The van der Waals surface area contributed by atoms with Gasteiger partial charge in [-0.2, -0.15) is 0 Å². The highest BCUT2D eigenvalue weighted by atomic mass is 35.5. The molecule has 9 nitrogen and oxygen atoms in total. The van der Waals surface area contributed by atoms with Crippen LogP contribution in [0.25, 0.3) is 0 Å². The van der Waals surface area contributed by atoms with Crippen molar-refractivity contribution in [2.45, 2.75) is 18.5 Å². The van der Waals surface area contributed by atoms with Crippen molar-refractivity contribution >= 4 is 28.8 Å². The number of hydrogen-bond donors (Lipinski definition) is 3. The van der Waals surface area contributed by atoms with Gasteiger partial charge in [-0.05, 0) is 42.3 Å². The van der Waals surface area contributed by atoms with E-state index < -0.39 is 11.5 Å². The quantitative estimate of drug-likeness (QED) is 0.237. The number of nitrogens with one attached hydrogen (secondary N) is 1. The summed E-state index contributed by atoms with van der Waals surface area (Å²) < 4.78 is 36.4. The molecule has 0 saturated carbocycles. The van der Waals surface area contributed by atoms with Gasteiger partial charge >= 0.3 is 0 Å². The maximum Gasteiger partial charge on any atom is 0.163 e. The summed E-state index contributed by atoms with van der Waals surface area (Å²) in [7, 11) is 3.18. The second-order valence-corrected chi connectivity index (χ2v) is 10.4. The van der Waals surface area contributed by atoms with Crippen molar-refractivity contribution in [3.8, 4) is 17.2 Å². The van der Waals surface area contributed by atoms with Gasteiger partial charge in [0.2, 0.25) is 0 Å². The molecule has 2 aliphatic rings. The first-order chi connectivity index (χ1) is 19.8. The molecule has 3 aromatic carbocycles. The van der Waals surface area contributed by atoms with Crippen LogP contribution in [0.1, 0.15) is 23.1 Å². The molecule has 0 aliphatic carbocycles. The molecule has 3 aromatic rings. The van der Waals surface area contributed by atoms with E-state index in [-0.39, 0.29) is 5.02 Å². The van der Waals surface area contributed by atoms with Gasteiger partial charge in [0.05, 0.1) is 50.4 Å². The maximum absolute atomic E-state index is 14.1. The molecule has 41 heavy (non-hydrogen) atoms. The minimum Gasteiger partial charge on any atom is -0.493 e. The molecule has 5 N–H and O–H groups in total. The summed E-state index contributed by atoms with van der Waals surface area (Å²) in [6.07, 6.45) is 1.26. The van der Waals surface area contributed by atoms with Crippen LogP contribution in [0.15, 0.2) is 53.5 Å². The van der Waals surface area contributed by atoms with E-state index in [1.807, 2.05) is 24.3 Å². The lowest BCUT2D eigenvalue weighted by atomic mass is 9.88. The van der Waals surface area contributed by atoms with E-state index in [2.05, 4.69) is 10.2 Å². The van der Waals surface area contributed by atoms with Crippen LogP contribution in [0, 0.1) is 5.82 Å². The number of morpholine rings is 1. The smallest absolute Gasteiger partial charge is 0.163 e. The van der Waals surface area contributed by atoms with E-state index in [1.165, 1.54) is 12.1 Å². The first-order valence-corrected chi connectivity index (χ1v) is 13.9. The lowest BCUT2D eigenvalue weighted by Gasteiger charge is -2.35. The molecule has 0 radical (unpaired) electrons. The second kappa shape index (κ2) is 12.5. The van der Waals surface area contributed by atoms with Crippen molar-refractivity contribution in [2.75, 3.05) is 64.7 Å². The average Bonchev–Trinajstić information content (AvgIpc) is 2.98. The van der Waals surface area contributed by atoms with E-state index in [4.69, 9.17) is 47.0 Å². The molecule has 2 heterocycles. The molecular formula is C30H35ClFN5O4. The van der Waals surface area contributed by atoms with Crippen LogP contribution in [0.3, 0.4) is 0 Å². The fourth-order valence-electron chi connectivity index (χ4n) is 5.11. The Hall–Kier alpha value is -3.57. The van der Waals surface area contributed by atoms with Gasteiger partial charge in [0, 0.05) is 43.2 Å². The summed E-state index contributed by atoms with van der Waals surface area (Å²) in [6.45, 7) is 4.81. The van der Waals surface area contributed by atoms with Crippen LogP contribution in [0.2, 0.25) is 5.02 Å². The first kappa shape index (κ1) is 28.9.